The summed E-state index contributed by atoms with van der Waals surface area (Å²) in [6, 6.07) is 5.05. The number of nitrogens with zero attached hydrogens (tertiary/aromatic N) is 2. The van der Waals surface area contributed by atoms with Crippen LogP contribution in [0.15, 0.2) is 18.2 Å². The average Bonchev–Trinajstić information content (AvgIpc) is 2.86. The minimum absolute atomic E-state index is 0.650. The van der Waals surface area contributed by atoms with Crippen molar-refractivity contribution in [2.75, 3.05) is 38.7 Å². The number of likely N-dealkylation sites (tertiary alicyclic amines) is 1. The van der Waals surface area contributed by atoms with Gasteiger partial charge in [0.1, 0.15) is 12.4 Å². The van der Waals surface area contributed by atoms with E-state index in [9.17, 15) is 0 Å². The number of rotatable bonds is 0. The molecule has 0 saturated carbocycles. The van der Waals surface area contributed by atoms with Crippen LogP contribution < -0.4 is 9.64 Å². The first-order valence-corrected chi connectivity index (χ1v) is 10.6. The molecule has 2 atom stereocenters. The number of ether oxygens (including phenoxy) is 1. The molecule has 1 saturated heterocycles. The SMILES string of the molecule is CC.CC.CC.CN1CCC2c3c(ccc4c3C=CCO4)N(C)C2CC1. The van der Waals surface area contributed by atoms with E-state index in [-0.39, 0.29) is 0 Å². The van der Waals surface area contributed by atoms with Gasteiger partial charge in [-0.3, -0.25) is 0 Å². The number of likely N-dealkylation sites (N-methyl/N-ethyl adjacent to an activating group) is 1. The van der Waals surface area contributed by atoms with Crippen molar-refractivity contribution in [3.05, 3.63) is 29.3 Å². The fourth-order valence-corrected chi connectivity index (χ4v) is 4.10. The molecule has 3 aliphatic heterocycles. The summed E-state index contributed by atoms with van der Waals surface area (Å²) in [5, 5.41) is 0. The summed E-state index contributed by atoms with van der Waals surface area (Å²) in [6.07, 6.45) is 6.91. The summed E-state index contributed by atoms with van der Waals surface area (Å²) in [7, 11) is 4.50. The number of hydrogen-bond donors (Lipinski definition) is 0. The lowest BCUT2D eigenvalue weighted by Crippen LogP contribution is -2.31. The zero-order chi connectivity index (χ0) is 19.7. The van der Waals surface area contributed by atoms with E-state index in [2.05, 4.69) is 48.2 Å². The fraction of sp³-hybridized carbons (Fsp3) is 0.652. The molecule has 1 aromatic carbocycles. The third kappa shape index (κ3) is 4.43. The summed E-state index contributed by atoms with van der Waals surface area (Å²) in [6.45, 7) is 15.1. The Hall–Kier alpha value is -1.48. The molecule has 1 aromatic rings. The van der Waals surface area contributed by atoms with Gasteiger partial charge in [0.2, 0.25) is 0 Å². The molecule has 0 bridgehead atoms. The molecule has 3 nitrogen and oxygen atoms in total. The van der Waals surface area contributed by atoms with Gasteiger partial charge in [0, 0.05) is 30.3 Å². The van der Waals surface area contributed by atoms with Gasteiger partial charge in [-0.15, -0.1) is 0 Å². The highest BCUT2D eigenvalue weighted by molar-refractivity contribution is 5.75. The Bertz CT molecular complexity index is 568. The van der Waals surface area contributed by atoms with Crippen LogP contribution in [0.5, 0.6) is 5.75 Å². The van der Waals surface area contributed by atoms with Gasteiger partial charge < -0.3 is 14.5 Å². The topological polar surface area (TPSA) is 15.7 Å². The zero-order valence-corrected chi connectivity index (χ0v) is 18.3. The predicted molar refractivity (Wildman–Crippen MR) is 117 cm³/mol. The van der Waals surface area contributed by atoms with Gasteiger partial charge in [-0.25, -0.2) is 0 Å². The average molecular weight is 361 g/mol. The van der Waals surface area contributed by atoms with Gasteiger partial charge >= 0.3 is 0 Å². The van der Waals surface area contributed by atoms with Crippen molar-refractivity contribution < 1.29 is 4.74 Å². The molecule has 0 amide bonds. The van der Waals surface area contributed by atoms with Crippen LogP contribution in [0.25, 0.3) is 6.08 Å². The molecule has 148 valence electrons. The van der Waals surface area contributed by atoms with E-state index >= 15 is 0 Å². The fourth-order valence-electron chi connectivity index (χ4n) is 4.10. The van der Waals surface area contributed by atoms with Crippen LogP contribution >= 0.6 is 0 Å². The Morgan fingerprint density at radius 3 is 2.27 bits per heavy atom. The number of hydrogen-bond acceptors (Lipinski definition) is 3. The number of benzene rings is 1. The molecular formula is C23H40N2O. The quantitative estimate of drug-likeness (QED) is 0.581. The van der Waals surface area contributed by atoms with Crippen LogP contribution in [-0.2, 0) is 0 Å². The zero-order valence-electron chi connectivity index (χ0n) is 18.3. The second kappa shape index (κ2) is 11.3. The van der Waals surface area contributed by atoms with Crippen molar-refractivity contribution in [3.8, 4) is 5.75 Å². The maximum absolute atomic E-state index is 5.80. The highest BCUT2D eigenvalue weighted by Crippen LogP contribution is 2.49. The van der Waals surface area contributed by atoms with Crippen molar-refractivity contribution in [2.45, 2.75) is 66.3 Å². The normalized spacial score (nSPS) is 22.5. The van der Waals surface area contributed by atoms with E-state index in [1.54, 1.807) is 0 Å². The molecule has 0 aliphatic carbocycles. The van der Waals surface area contributed by atoms with Gasteiger partial charge in [0.15, 0.2) is 0 Å². The molecule has 0 spiro atoms. The number of anilines is 1. The van der Waals surface area contributed by atoms with Gasteiger partial charge in [-0.05, 0) is 56.8 Å². The summed E-state index contributed by atoms with van der Waals surface area (Å²) < 4.78 is 5.80. The van der Waals surface area contributed by atoms with Crippen LogP contribution in [0.4, 0.5) is 5.69 Å². The van der Waals surface area contributed by atoms with Crippen molar-refractivity contribution >= 4 is 11.8 Å². The first-order valence-electron chi connectivity index (χ1n) is 10.6. The molecule has 3 heterocycles. The Labute approximate surface area is 162 Å². The summed E-state index contributed by atoms with van der Waals surface area (Å²) in [4.78, 5) is 4.97. The van der Waals surface area contributed by atoms with E-state index in [1.165, 1.54) is 42.7 Å². The largest absolute Gasteiger partial charge is 0.489 e. The summed E-state index contributed by atoms with van der Waals surface area (Å²) >= 11 is 0. The molecule has 26 heavy (non-hydrogen) atoms. The summed E-state index contributed by atoms with van der Waals surface area (Å²) in [5.74, 6) is 1.72. The van der Waals surface area contributed by atoms with E-state index in [0.717, 1.165) is 5.75 Å². The third-order valence-corrected chi connectivity index (χ3v) is 5.18. The molecule has 0 N–H and O–H groups in total. The lowest BCUT2D eigenvalue weighted by Gasteiger charge is -2.25. The maximum atomic E-state index is 5.80. The minimum atomic E-state index is 0.650. The standard InChI is InChI=1S/C17H22N2O.3C2H6/c1-18-9-7-12-14(8-10-18)19(2)15-5-6-16-13(17(12)15)4-3-11-20-16;3*1-2/h3-6,12,14H,7-11H2,1-2H3;3*1-2H3. The van der Waals surface area contributed by atoms with Crippen molar-refractivity contribution in [1.82, 2.24) is 4.90 Å². The Morgan fingerprint density at radius 2 is 1.58 bits per heavy atom. The van der Waals surface area contributed by atoms with Crippen LogP contribution in [0.3, 0.4) is 0 Å². The lowest BCUT2D eigenvalue weighted by molar-refractivity contribution is 0.345. The molecule has 2 unspecified atom stereocenters. The molecule has 0 radical (unpaired) electrons. The third-order valence-electron chi connectivity index (χ3n) is 5.18. The molecule has 3 heteroatoms. The second-order valence-corrected chi connectivity index (χ2v) is 6.29. The summed E-state index contributed by atoms with van der Waals surface area (Å²) in [5.41, 5.74) is 4.28. The highest BCUT2D eigenvalue weighted by atomic mass is 16.5. The monoisotopic (exact) mass is 360 g/mol. The maximum Gasteiger partial charge on any atom is 0.127 e. The van der Waals surface area contributed by atoms with E-state index in [1.807, 2.05) is 41.5 Å². The highest BCUT2D eigenvalue weighted by Gasteiger charge is 2.39. The minimum Gasteiger partial charge on any atom is -0.489 e. The van der Waals surface area contributed by atoms with Crippen LogP contribution in [0.1, 0.15) is 71.4 Å². The van der Waals surface area contributed by atoms with Crippen LogP contribution in [0.2, 0.25) is 0 Å². The first-order chi connectivity index (χ1) is 12.8. The van der Waals surface area contributed by atoms with E-state index in [0.29, 0.717) is 18.6 Å². The van der Waals surface area contributed by atoms with E-state index < -0.39 is 0 Å². The Kier molecular flexibility index (Phi) is 9.79. The van der Waals surface area contributed by atoms with Gasteiger partial charge in [0.25, 0.3) is 0 Å². The molecule has 0 aromatic heterocycles. The predicted octanol–water partition coefficient (Wildman–Crippen LogP) is 5.80. The van der Waals surface area contributed by atoms with E-state index in [4.69, 9.17) is 4.74 Å². The van der Waals surface area contributed by atoms with Crippen LogP contribution in [0, 0.1) is 0 Å². The second-order valence-electron chi connectivity index (χ2n) is 6.29. The Morgan fingerprint density at radius 1 is 0.923 bits per heavy atom. The van der Waals surface area contributed by atoms with Crippen molar-refractivity contribution in [2.24, 2.45) is 0 Å². The molecule has 1 fully saturated rings. The van der Waals surface area contributed by atoms with Gasteiger partial charge in [-0.1, -0.05) is 47.6 Å². The lowest BCUT2D eigenvalue weighted by atomic mass is 9.87. The Balaban J connectivity index is 0.000000515. The van der Waals surface area contributed by atoms with Gasteiger partial charge in [-0.2, -0.15) is 0 Å². The van der Waals surface area contributed by atoms with Crippen molar-refractivity contribution in [3.63, 3.8) is 0 Å². The smallest absolute Gasteiger partial charge is 0.127 e. The first kappa shape index (κ1) is 22.6. The molecular weight excluding hydrogens is 320 g/mol. The van der Waals surface area contributed by atoms with Gasteiger partial charge in [0.05, 0.1) is 0 Å². The van der Waals surface area contributed by atoms with Crippen molar-refractivity contribution in [1.29, 1.82) is 0 Å². The van der Waals surface area contributed by atoms with Crippen LogP contribution in [-0.4, -0.2) is 44.7 Å². The molecule has 4 rings (SSSR count). The number of fused-ring (bicyclic) bond motifs is 5. The molecule has 3 aliphatic rings.